The molecule has 1 aromatic heterocycles. The highest BCUT2D eigenvalue weighted by Crippen LogP contribution is 2.26. The second-order valence-electron chi connectivity index (χ2n) is 7.80. The maximum absolute atomic E-state index is 13.0. The van der Waals surface area contributed by atoms with Crippen LogP contribution >= 0.6 is 0 Å². The molecular weight excluding hydrogens is 422 g/mol. The number of sulfone groups is 1. The largest absolute Gasteiger partial charge is 0.383 e. The number of fused-ring (bicyclic) bond motifs is 1. The van der Waals surface area contributed by atoms with Crippen LogP contribution in [0, 0.1) is 0 Å². The van der Waals surface area contributed by atoms with Crippen LogP contribution in [-0.2, 0) is 35.4 Å². The average Bonchev–Trinajstić information content (AvgIpc) is 3.06. The van der Waals surface area contributed by atoms with Crippen LogP contribution in [0.3, 0.4) is 0 Å². The molecule has 0 aliphatic carbocycles. The number of morpholine rings is 1. The number of carbonyl (C=O) groups excluding carboxylic acids is 2. The highest BCUT2D eigenvalue weighted by atomic mass is 32.2. The van der Waals surface area contributed by atoms with E-state index in [1.54, 1.807) is 33.7 Å². The molecule has 1 aromatic carbocycles. The second kappa shape index (κ2) is 9.80. The number of hydrogen-bond acceptors (Lipinski definition) is 6. The lowest BCUT2D eigenvalue weighted by atomic mass is 10.2. The number of aromatic nitrogens is 1. The molecule has 2 atom stereocenters. The number of hydrogen-bond donors (Lipinski definition) is 1. The molecule has 0 unspecified atom stereocenters. The topological polar surface area (TPSA) is 107 Å². The summed E-state index contributed by atoms with van der Waals surface area (Å²) in [4.78, 5) is 26.8. The summed E-state index contributed by atoms with van der Waals surface area (Å²) in [5, 5.41) is 3.01. The van der Waals surface area contributed by atoms with Gasteiger partial charge in [-0.25, -0.2) is 8.42 Å². The van der Waals surface area contributed by atoms with Crippen LogP contribution in [0.2, 0.25) is 0 Å². The van der Waals surface area contributed by atoms with Gasteiger partial charge < -0.3 is 24.3 Å². The molecule has 2 amide bonds. The Kier molecular flexibility index (Phi) is 7.34. The Labute approximate surface area is 182 Å². The molecule has 1 aliphatic rings. The molecule has 170 valence electrons. The number of rotatable bonds is 8. The molecule has 1 saturated heterocycles. The summed E-state index contributed by atoms with van der Waals surface area (Å²) >= 11 is 0. The van der Waals surface area contributed by atoms with Crippen molar-refractivity contribution in [3.63, 3.8) is 0 Å². The van der Waals surface area contributed by atoms with Crippen molar-refractivity contribution >= 4 is 32.6 Å². The fourth-order valence-corrected chi connectivity index (χ4v) is 5.21. The first kappa shape index (κ1) is 23.2. The minimum absolute atomic E-state index is 0.00943. The van der Waals surface area contributed by atoms with Gasteiger partial charge in [-0.1, -0.05) is 18.2 Å². The molecule has 9 nitrogen and oxygen atoms in total. The molecule has 31 heavy (non-hydrogen) atoms. The quantitative estimate of drug-likeness (QED) is 0.596. The summed E-state index contributed by atoms with van der Waals surface area (Å²) in [6.07, 6.45) is 1.34. The number of nitrogens with zero attached hydrogens (tertiary/aromatic N) is 2. The van der Waals surface area contributed by atoms with Gasteiger partial charge in [0.05, 0.1) is 23.7 Å². The monoisotopic (exact) mass is 451 g/mol. The Balaban J connectivity index is 1.83. The number of para-hydroxylation sites is 1. The van der Waals surface area contributed by atoms with Gasteiger partial charge in [0.15, 0.2) is 9.84 Å². The van der Waals surface area contributed by atoms with Crippen LogP contribution < -0.4 is 5.32 Å². The number of benzene rings is 1. The van der Waals surface area contributed by atoms with Crippen molar-refractivity contribution in [3.8, 4) is 0 Å². The molecule has 0 spiro atoms. The van der Waals surface area contributed by atoms with E-state index in [9.17, 15) is 18.0 Å². The van der Waals surface area contributed by atoms with E-state index in [-0.39, 0.29) is 36.1 Å². The number of ether oxygens (including phenoxy) is 2. The fraction of sp³-hybridized carbons (Fsp3) is 0.524. The van der Waals surface area contributed by atoms with Crippen molar-refractivity contribution in [2.45, 2.75) is 37.5 Å². The lowest BCUT2D eigenvalue weighted by Crippen LogP contribution is -2.49. The molecule has 3 rings (SSSR count). The van der Waals surface area contributed by atoms with Crippen LogP contribution in [0.25, 0.3) is 10.9 Å². The first-order valence-electron chi connectivity index (χ1n) is 10.2. The summed E-state index contributed by atoms with van der Waals surface area (Å²) in [5.74, 6) is -1.37. The van der Waals surface area contributed by atoms with E-state index in [2.05, 4.69) is 5.32 Å². The van der Waals surface area contributed by atoms with Gasteiger partial charge in [-0.2, -0.15) is 0 Å². The summed E-state index contributed by atoms with van der Waals surface area (Å²) < 4.78 is 38.1. The minimum Gasteiger partial charge on any atom is -0.383 e. The standard InChI is InChI=1S/C21H29N3O6S/c1-15-10-24(11-16(2)30-15)21(26)13-23-12-19(17-6-4-5-7-18(17)23)31(27,28)14-20(25)22-8-9-29-3/h4-7,12,15-16H,8-11,13-14H2,1-3H3,(H,22,25)/t15-,16-/m1/s1. The van der Waals surface area contributed by atoms with Crippen molar-refractivity contribution in [2.75, 3.05) is 39.1 Å². The predicted octanol–water partition coefficient (Wildman–Crippen LogP) is 0.813. The number of methoxy groups -OCH3 is 1. The molecule has 2 aromatic rings. The van der Waals surface area contributed by atoms with Crippen LogP contribution in [0.5, 0.6) is 0 Å². The van der Waals surface area contributed by atoms with Crippen molar-refractivity contribution < 1.29 is 27.5 Å². The maximum Gasteiger partial charge on any atom is 0.242 e. The van der Waals surface area contributed by atoms with Gasteiger partial charge in [0.2, 0.25) is 11.8 Å². The van der Waals surface area contributed by atoms with Crippen molar-refractivity contribution in [2.24, 2.45) is 0 Å². The molecule has 0 bridgehead atoms. The Bertz CT molecular complexity index is 1040. The molecule has 1 N–H and O–H groups in total. The lowest BCUT2D eigenvalue weighted by molar-refractivity contribution is -0.143. The summed E-state index contributed by atoms with van der Waals surface area (Å²) in [6.45, 7) is 5.37. The van der Waals surface area contributed by atoms with E-state index in [0.717, 1.165) is 0 Å². The second-order valence-corrected chi connectivity index (χ2v) is 9.75. The van der Waals surface area contributed by atoms with Crippen LogP contribution in [0.4, 0.5) is 0 Å². The zero-order chi connectivity index (χ0) is 22.6. The van der Waals surface area contributed by atoms with E-state index in [1.807, 2.05) is 13.8 Å². The van der Waals surface area contributed by atoms with Gasteiger partial charge in [-0.3, -0.25) is 9.59 Å². The molecule has 2 heterocycles. The van der Waals surface area contributed by atoms with Crippen LogP contribution in [-0.4, -0.2) is 81.0 Å². The molecule has 1 aliphatic heterocycles. The molecule has 1 fully saturated rings. The first-order valence-corrected chi connectivity index (χ1v) is 11.9. The van der Waals surface area contributed by atoms with E-state index in [0.29, 0.717) is 30.6 Å². The van der Waals surface area contributed by atoms with Crippen molar-refractivity contribution in [3.05, 3.63) is 30.5 Å². The highest BCUT2D eigenvalue weighted by Gasteiger charge is 2.28. The third kappa shape index (κ3) is 5.63. The zero-order valence-corrected chi connectivity index (χ0v) is 18.9. The number of amides is 2. The van der Waals surface area contributed by atoms with E-state index >= 15 is 0 Å². The molecular formula is C21H29N3O6S. The normalized spacial score (nSPS) is 19.5. The summed E-state index contributed by atoms with van der Waals surface area (Å²) in [6, 6.07) is 6.98. The van der Waals surface area contributed by atoms with E-state index in [1.165, 1.54) is 13.3 Å². The predicted molar refractivity (Wildman–Crippen MR) is 115 cm³/mol. The lowest BCUT2D eigenvalue weighted by Gasteiger charge is -2.35. The highest BCUT2D eigenvalue weighted by molar-refractivity contribution is 7.92. The fourth-order valence-electron chi connectivity index (χ4n) is 3.81. The van der Waals surface area contributed by atoms with Crippen LogP contribution in [0.1, 0.15) is 13.8 Å². The van der Waals surface area contributed by atoms with Crippen molar-refractivity contribution in [1.29, 1.82) is 0 Å². The van der Waals surface area contributed by atoms with Gasteiger partial charge in [0.1, 0.15) is 12.3 Å². The van der Waals surface area contributed by atoms with Gasteiger partial charge in [-0.05, 0) is 19.9 Å². The number of carbonyl (C=O) groups is 2. The average molecular weight is 452 g/mol. The Morgan fingerprint density at radius 1 is 1.19 bits per heavy atom. The zero-order valence-electron chi connectivity index (χ0n) is 18.0. The third-order valence-corrected chi connectivity index (χ3v) is 6.75. The van der Waals surface area contributed by atoms with Gasteiger partial charge >= 0.3 is 0 Å². The van der Waals surface area contributed by atoms with E-state index in [4.69, 9.17) is 9.47 Å². The van der Waals surface area contributed by atoms with E-state index < -0.39 is 21.5 Å². The van der Waals surface area contributed by atoms with Gasteiger partial charge in [-0.15, -0.1) is 0 Å². The molecule has 0 saturated carbocycles. The van der Waals surface area contributed by atoms with Gasteiger partial charge in [0.25, 0.3) is 0 Å². The minimum atomic E-state index is -3.90. The Morgan fingerprint density at radius 2 is 1.87 bits per heavy atom. The summed E-state index contributed by atoms with van der Waals surface area (Å²) in [5.41, 5.74) is 0.628. The summed E-state index contributed by atoms with van der Waals surface area (Å²) in [7, 11) is -2.40. The van der Waals surface area contributed by atoms with Gasteiger partial charge in [0, 0.05) is 43.8 Å². The number of nitrogens with one attached hydrogen (secondary N) is 1. The molecule has 10 heteroatoms. The molecule has 0 radical (unpaired) electrons. The maximum atomic E-state index is 13.0. The van der Waals surface area contributed by atoms with Crippen LogP contribution in [0.15, 0.2) is 35.4 Å². The Hall–Kier alpha value is -2.43. The first-order chi connectivity index (χ1) is 14.7. The Morgan fingerprint density at radius 3 is 2.55 bits per heavy atom. The SMILES string of the molecule is COCCNC(=O)CS(=O)(=O)c1cn(CC(=O)N2C[C@@H](C)O[C@H](C)C2)c2ccccc12. The van der Waals surface area contributed by atoms with Crippen molar-refractivity contribution in [1.82, 2.24) is 14.8 Å². The smallest absolute Gasteiger partial charge is 0.242 e. The third-order valence-electron chi connectivity index (χ3n) is 5.11.